The number of carbonyl (C=O) groups excluding carboxylic acids is 1. The van der Waals surface area contributed by atoms with Gasteiger partial charge in [0.05, 0.1) is 30.4 Å². The second-order valence-corrected chi connectivity index (χ2v) is 7.93. The predicted octanol–water partition coefficient (Wildman–Crippen LogP) is 3.86. The van der Waals surface area contributed by atoms with E-state index in [9.17, 15) is 13.2 Å². The molecule has 0 saturated heterocycles. The molecule has 0 aromatic heterocycles. The summed E-state index contributed by atoms with van der Waals surface area (Å²) < 4.78 is 43.3. The third-order valence-electron chi connectivity index (χ3n) is 4.29. The van der Waals surface area contributed by atoms with Gasteiger partial charge in [-0.1, -0.05) is 24.3 Å². The Hall–Kier alpha value is -3.52. The molecule has 0 fully saturated rings. The number of rotatable bonds is 8. The van der Waals surface area contributed by atoms with Gasteiger partial charge < -0.3 is 14.2 Å². The van der Waals surface area contributed by atoms with Crippen LogP contribution in [0.2, 0.25) is 0 Å². The molecule has 0 saturated carbocycles. The molecule has 30 heavy (non-hydrogen) atoms. The molecule has 7 nitrogen and oxygen atoms in total. The number of anilines is 1. The number of nitrogens with one attached hydrogen (secondary N) is 1. The molecule has 1 N–H and O–H groups in total. The monoisotopic (exact) mass is 427 g/mol. The standard InChI is InChI=1S/C22H21NO6S/c1-27-17-9-7-16(8-10-17)15-29-22(24)20-5-3-4-6-21(20)23-30(25,26)19-13-11-18(28-2)12-14-19/h3-14,23H,15H2,1-2H3. The Balaban J connectivity index is 1.74. The van der Waals surface area contributed by atoms with Gasteiger partial charge in [0, 0.05) is 0 Å². The summed E-state index contributed by atoms with van der Waals surface area (Å²) in [6.45, 7) is 0.0440. The normalized spacial score (nSPS) is 10.9. The van der Waals surface area contributed by atoms with Crippen molar-refractivity contribution in [2.24, 2.45) is 0 Å². The van der Waals surface area contributed by atoms with Crippen LogP contribution in [0.15, 0.2) is 77.7 Å². The maximum atomic E-state index is 12.7. The lowest BCUT2D eigenvalue weighted by Crippen LogP contribution is -2.16. The highest BCUT2D eigenvalue weighted by Crippen LogP contribution is 2.23. The smallest absolute Gasteiger partial charge is 0.340 e. The molecule has 3 aromatic carbocycles. The first-order valence-electron chi connectivity index (χ1n) is 8.99. The molecule has 0 atom stereocenters. The number of ether oxygens (including phenoxy) is 3. The molecule has 3 aromatic rings. The lowest BCUT2D eigenvalue weighted by molar-refractivity contribution is 0.0474. The van der Waals surface area contributed by atoms with Gasteiger partial charge in [0.2, 0.25) is 0 Å². The topological polar surface area (TPSA) is 90.9 Å². The van der Waals surface area contributed by atoms with Crippen LogP contribution in [0.4, 0.5) is 5.69 Å². The molecule has 0 bridgehead atoms. The summed E-state index contributed by atoms with van der Waals surface area (Å²) in [5.41, 5.74) is 1.02. The fourth-order valence-electron chi connectivity index (χ4n) is 2.66. The summed E-state index contributed by atoms with van der Waals surface area (Å²) in [5, 5.41) is 0. The van der Waals surface area contributed by atoms with Crippen LogP contribution in [-0.4, -0.2) is 28.6 Å². The minimum atomic E-state index is -3.90. The van der Waals surface area contributed by atoms with Crippen molar-refractivity contribution >= 4 is 21.7 Å². The van der Waals surface area contributed by atoms with Gasteiger partial charge in [0.1, 0.15) is 18.1 Å². The molecular formula is C22H21NO6S. The Kier molecular flexibility index (Phi) is 6.58. The van der Waals surface area contributed by atoms with Gasteiger partial charge in [-0.25, -0.2) is 13.2 Å². The molecule has 0 radical (unpaired) electrons. The van der Waals surface area contributed by atoms with E-state index in [-0.39, 0.29) is 22.8 Å². The third-order valence-corrected chi connectivity index (χ3v) is 5.67. The average Bonchev–Trinajstić information content (AvgIpc) is 2.78. The van der Waals surface area contributed by atoms with Crippen molar-refractivity contribution in [3.8, 4) is 11.5 Å². The maximum absolute atomic E-state index is 12.7. The first kappa shape index (κ1) is 21.2. The van der Waals surface area contributed by atoms with Crippen LogP contribution in [0, 0.1) is 0 Å². The van der Waals surface area contributed by atoms with Crippen molar-refractivity contribution < 1.29 is 27.4 Å². The maximum Gasteiger partial charge on any atom is 0.340 e. The third kappa shape index (κ3) is 5.09. The quantitative estimate of drug-likeness (QED) is 0.549. The summed E-state index contributed by atoms with van der Waals surface area (Å²) in [7, 11) is -0.832. The Bertz CT molecular complexity index is 1110. The number of sulfonamides is 1. The van der Waals surface area contributed by atoms with Crippen LogP contribution < -0.4 is 14.2 Å². The Morgan fingerprint density at radius 3 is 2.00 bits per heavy atom. The highest BCUT2D eigenvalue weighted by Gasteiger charge is 2.19. The molecule has 8 heteroatoms. The second kappa shape index (κ2) is 9.32. The zero-order valence-corrected chi connectivity index (χ0v) is 17.3. The molecule has 0 heterocycles. The molecule has 0 amide bonds. The van der Waals surface area contributed by atoms with E-state index in [1.54, 1.807) is 55.6 Å². The van der Waals surface area contributed by atoms with Crippen molar-refractivity contribution in [2.75, 3.05) is 18.9 Å². The van der Waals surface area contributed by atoms with Crippen molar-refractivity contribution in [3.63, 3.8) is 0 Å². The highest BCUT2D eigenvalue weighted by molar-refractivity contribution is 7.92. The summed E-state index contributed by atoms with van der Waals surface area (Å²) >= 11 is 0. The van der Waals surface area contributed by atoms with Gasteiger partial charge in [-0.15, -0.1) is 0 Å². The van der Waals surface area contributed by atoms with Crippen molar-refractivity contribution in [1.29, 1.82) is 0 Å². The Morgan fingerprint density at radius 1 is 0.833 bits per heavy atom. The predicted molar refractivity (Wildman–Crippen MR) is 112 cm³/mol. The number of para-hydroxylation sites is 1. The van der Waals surface area contributed by atoms with Gasteiger partial charge in [-0.2, -0.15) is 0 Å². The zero-order chi connectivity index (χ0) is 21.6. The van der Waals surface area contributed by atoms with E-state index in [4.69, 9.17) is 14.2 Å². The first-order valence-corrected chi connectivity index (χ1v) is 10.5. The summed E-state index contributed by atoms with van der Waals surface area (Å²) in [6, 6.07) is 19.3. The van der Waals surface area contributed by atoms with Gasteiger partial charge in [-0.05, 0) is 54.1 Å². The molecule has 0 unspecified atom stereocenters. The number of benzene rings is 3. The fourth-order valence-corrected chi connectivity index (χ4v) is 3.74. The Morgan fingerprint density at radius 2 is 1.40 bits per heavy atom. The zero-order valence-electron chi connectivity index (χ0n) is 16.5. The molecule has 3 rings (SSSR count). The lowest BCUT2D eigenvalue weighted by Gasteiger charge is -2.13. The van der Waals surface area contributed by atoms with E-state index < -0.39 is 16.0 Å². The van der Waals surface area contributed by atoms with E-state index in [1.807, 2.05) is 0 Å². The van der Waals surface area contributed by atoms with Crippen LogP contribution in [-0.2, 0) is 21.4 Å². The number of hydrogen-bond donors (Lipinski definition) is 1. The summed E-state index contributed by atoms with van der Waals surface area (Å²) in [4.78, 5) is 12.6. The van der Waals surface area contributed by atoms with Crippen LogP contribution in [0.5, 0.6) is 11.5 Å². The molecule has 0 spiro atoms. The van der Waals surface area contributed by atoms with Crippen LogP contribution in [0.3, 0.4) is 0 Å². The van der Waals surface area contributed by atoms with E-state index in [0.717, 1.165) is 5.56 Å². The van der Waals surface area contributed by atoms with Crippen molar-refractivity contribution in [1.82, 2.24) is 0 Å². The van der Waals surface area contributed by atoms with Crippen LogP contribution in [0.1, 0.15) is 15.9 Å². The van der Waals surface area contributed by atoms with Crippen molar-refractivity contribution in [3.05, 3.63) is 83.9 Å². The fraction of sp³-hybridized carbons (Fsp3) is 0.136. The minimum Gasteiger partial charge on any atom is -0.497 e. The number of carbonyl (C=O) groups is 1. The largest absolute Gasteiger partial charge is 0.497 e. The summed E-state index contributed by atoms with van der Waals surface area (Å²) in [6.07, 6.45) is 0. The minimum absolute atomic E-state index is 0.0440. The van der Waals surface area contributed by atoms with Gasteiger partial charge in [0.25, 0.3) is 10.0 Å². The van der Waals surface area contributed by atoms with E-state index in [0.29, 0.717) is 11.5 Å². The molecule has 0 aliphatic carbocycles. The van der Waals surface area contributed by atoms with Gasteiger partial charge in [-0.3, -0.25) is 4.72 Å². The molecular weight excluding hydrogens is 406 g/mol. The molecule has 156 valence electrons. The SMILES string of the molecule is COc1ccc(COC(=O)c2ccccc2NS(=O)(=O)c2ccc(OC)cc2)cc1. The highest BCUT2D eigenvalue weighted by atomic mass is 32.2. The molecule has 0 aliphatic heterocycles. The van der Waals surface area contributed by atoms with Crippen LogP contribution in [0.25, 0.3) is 0 Å². The number of methoxy groups -OCH3 is 2. The lowest BCUT2D eigenvalue weighted by atomic mass is 10.2. The summed E-state index contributed by atoms with van der Waals surface area (Å²) in [5.74, 6) is 0.596. The van der Waals surface area contributed by atoms with E-state index in [2.05, 4.69) is 4.72 Å². The van der Waals surface area contributed by atoms with Crippen molar-refractivity contribution in [2.45, 2.75) is 11.5 Å². The average molecular weight is 427 g/mol. The first-order chi connectivity index (χ1) is 14.4. The number of esters is 1. The van der Waals surface area contributed by atoms with Gasteiger partial charge >= 0.3 is 5.97 Å². The molecule has 0 aliphatic rings. The number of hydrogen-bond acceptors (Lipinski definition) is 6. The van der Waals surface area contributed by atoms with E-state index >= 15 is 0 Å². The second-order valence-electron chi connectivity index (χ2n) is 6.25. The van der Waals surface area contributed by atoms with Crippen LogP contribution >= 0.6 is 0 Å². The van der Waals surface area contributed by atoms with E-state index in [1.165, 1.54) is 31.4 Å². The van der Waals surface area contributed by atoms with Gasteiger partial charge in [0.15, 0.2) is 0 Å². The Labute approximate surface area is 175 Å².